The van der Waals surface area contributed by atoms with Crippen LogP contribution in [-0.4, -0.2) is 18.7 Å². The molecule has 0 saturated carbocycles. The first-order valence-corrected chi connectivity index (χ1v) is 5.67. The van der Waals surface area contributed by atoms with Crippen LogP contribution in [0.15, 0.2) is 24.3 Å². The Labute approximate surface area is 95.8 Å². The third-order valence-electron chi connectivity index (χ3n) is 2.87. The Morgan fingerprint density at radius 1 is 1.38 bits per heavy atom. The van der Waals surface area contributed by atoms with E-state index in [1.807, 2.05) is 0 Å². The summed E-state index contributed by atoms with van der Waals surface area (Å²) in [6.45, 7) is 4.84. The maximum Gasteiger partial charge on any atom is 0.407 e. The molecule has 1 fully saturated rings. The van der Waals surface area contributed by atoms with Crippen molar-refractivity contribution in [1.29, 1.82) is 0 Å². The van der Waals surface area contributed by atoms with Crippen molar-refractivity contribution >= 4 is 6.09 Å². The predicted molar refractivity (Wildman–Crippen MR) is 62.5 cm³/mol. The molecule has 0 spiro atoms. The van der Waals surface area contributed by atoms with Crippen LogP contribution in [0.4, 0.5) is 4.79 Å². The molecule has 1 atom stereocenters. The topological polar surface area (TPSA) is 38.3 Å². The Morgan fingerprint density at radius 3 is 2.56 bits per heavy atom. The molecule has 0 aromatic heterocycles. The Morgan fingerprint density at radius 2 is 2.06 bits per heavy atom. The lowest BCUT2D eigenvalue weighted by Crippen LogP contribution is -2.28. The number of cyclic esters (lactones) is 1. The van der Waals surface area contributed by atoms with Crippen molar-refractivity contribution in [3.05, 3.63) is 35.4 Å². The smallest absolute Gasteiger partial charge is 0.407 e. The van der Waals surface area contributed by atoms with Crippen molar-refractivity contribution in [2.75, 3.05) is 6.61 Å². The van der Waals surface area contributed by atoms with Gasteiger partial charge in [-0.15, -0.1) is 0 Å². The first-order chi connectivity index (χ1) is 7.65. The fourth-order valence-corrected chi connectivity index (χ4v) is 1.86. The largest absolute Gasteiger partial charge is 0.447 e. The highest BCUT2D eigenvalue weighted by molar-refractivity contribution is 5.69. The number of hydrogen-bond acceptors (Lipinski definition) is 2. The lowest BCUT2D eigenvalue weighted by molar-refractivity contribution is 0.177. The number of amides is 1. The van der Waals surface area contributed by atoms with Gasteiger partial charge in [-0.1, -0.05) is 38.1 Å². The zero-order valence-corrected chi connectivity index (χ0v) is 9.69. The van der Waals surface area contributed by atoms with Gasteiger partial charge in [-0.2, -0.15) is 0 Å². The first kappa shape index (κ1) is 11.0. The molecule has 2 rings (SSSR count). The summed E-state index contributed by atoms with van der Waals surface area (Å²) in [5.41, 5.74) is 2.58. The summed E-state index contributed by atoms with van der Waals surface area (Å²) in [4.78, 5) is 10.9. The first-order valence-electron chi connectivity index (χ1n) is 5.67. The van der Waals surface area contributed by atoms with Gasteiger partial charge < -0.3 is 10.1 Å². The van der Waals surface area contributed by atoms with E-state index < -0.39 is 0 Å². The number of alkyl carbamates (subject to hydrolysis) is 1. The minimum atomic E-state index is -0.302. The van der Waals surface area contributed by atoms with Crippen molar-refractivity contribution < 1.29 is 9.53 Å². The van der Waals surface area contributed by atoms with E-state index in [1.54, 1.807) is 0 Å². The van der Waals surface area contributed by atoms with Crippen molar-refractivity contribution in [3.63, 3.8) is 0 Å². The number of hydrogen-bond donors (Lipinski definition) is 1. The zero-order valence-electron chi connectivity index (χ0n) is 9.69. The standard InChI is InChI=1S/C13H17NO2/c1-9(2)11-5-3-10(4-6-11)7-12-8-16-13(15)14-12/h3-6,9,12H,7-8H2,1-2H3,(H,14,15)/t12-/m0/s1. The molecule has 1 aromatic rings. The molecule has 1 N–H and O–H groups in total. The van der Waals surface area contributed by atoms with E-state index in [2.05, 4.69) is 43.4 Å². The minimum Gasteiger partial charge on any atom is -0.447 e. The van der Waals surface area contributed by atoms with Crippen molar-refractivity contribution in [1.82, 2.24) is 5.32 Å². The van der Waals surface area contributed by atoms with E-state index in [0.29, 0.717) is 12.5 Å². The SMILES string of the molecule is CC(C)c1ccc(C[C@H]2COC(=O)N2)cc1. The number of nitrogens with one attached hydrogen (secondary N) is 1. The second-order valence-electron chi connectivity index (χ2n) is 4.54. The molecule has 3 nitrogen and oxygen atoms in total. The molecule has 1 aliphatic heterocycles. The number of rotatable bonds is 3. The number of benzene rings is 1. The highest BCUT2D eigenvalue weighted by Gasteiger charge is 2.21. The van der Waals surface area contributed by atoms with Gasteiger partial charge >= 0.3 is 6.09 Å². The van der Waals surface area contributed by atoms with Gasteiger partial charge in [-0.05, 0) is 23.5 Å². The van der Waals surface area contributed by atoms with Gasteiger partial charge in [0.05, 0.1) is 6.04 Å². The highest BCUT2D eigenvalue weighted by atomic mass is 16.6. The molecule has 1 heterocycles. The van der Waals surface area contributed by atoms with Crippen LogP contribution in [-0.2, 0) is 11.2 Å². The molecule has 1 amide bonds. The maximum atomic E-state index is 10.9. The van der Waals surface area contributed by atoms with E-state index in [1.165, 1.54) is 11.1 Å². The van der Waals surface area contributed by atoms with Gasteiger partial charge in [0.1, 0.15) is 6.61 Å². The summed E-state index contributed by atoms with van der Waals surface area (Å²) in [5, 5.41) is 2.78. The molecule has 86 valence electrons. The van der Waals surface area contributed by atoms with Crippen LogP contribution in [0.5, 0.6) is 0 Å². The van der Waals surface area contributed by atoms with E-state index in [0.717, 1.165) is 6.42 Å². The number of carbonyl (C=O) groups excluding carboxylic acids is 1. The van der Waals surface area contributed by atoms with Gasteiger partial charge in [-0.25, -0.2) is 4.79 Å². The van der Waals surface area contributed by atoms with Crippen LogP contribution >= 0.6 is 0 Å². The Bertz CT molecular complexity index is 370. The average Bonchev–Trinajstić information content (AvgIpc) is 2.65. The average molecular weight is 219 g/mol. The van der Waals surface area contributed by atoms with Gasteiger partial charge in [0, 0.05) is 0 Å². The second-order valence-corrected chi connectivity index (χ2v) is 4.54. The van der Waals surface area contributed by atoms with Crippen LogP contribution in [0.3, 0.4) is 0 Å². The lowest BCUT2D eigenvalue weighted by atomic mass is 9.99. The fraction of sp³-hybridized carbons (Fsp3) is 0.462. The third kappa shape index (κ3) is 2.54. The molecule has 0 bridgehead atoms. The lowest BCUT2D eigenvalue weighted by Gasteiger charge is -2.09. The molecule has 1 aliphatic rings. The van der Waals surface area contributed by atoms with Gasteiger partial charge in [0.2, 0.25) is 0 Å². The molecule has 1 aromatic carbocycles. The van der Waals surface area contributed by atoms with E-state index in [9.17, 15) is 4.79 Å². The van der Waals surface area contributed by atoms with E-state index in [-0.39, 0.29) is 12.1 Å². The maximum absolute atomic E-state index is 10.9. The Kier molecular flexibility index (Phi) is 3.13. The van der Waals surface area contributed by atoms with Crippen LogP contribution < -0.4 is 5.32 Å². The van der Waals surface area contributed by atoms with Gasteiger partial charge in [-0.3, -0.25) is 0 Å². The molecule has 16 heavy (non-hydrogen) atoms. The Balaban J connectivity index is 1.97. The van der Waals surface area contributed by atoms with Crippen LogP contribution in [0.1, 0.15) is 30.9 Å². The molecular formula is C13H17NO2. The predicted octanol–water partition coefficient (Wildman–Crippen LogP) is 2.46. The minimum absolute atomic E-state index is 0.123. The molecule has 0 radical (unpaired) electrons. The van der Waals surface area contributed by atoms with E-state index >= 15 is 0 Å². The molecule has 0 unspecified atom stereocenters. The van der Waals surface area contributed by atoms with Crippen LogP contribution in [0.2, 0.25) is 0 Å². The molecule has 3 heteroatoms. The number of carbonyl (C=O) groups is 1. The number of ether oxygens (including phenoxy) is 1. The normalized spacial score (nSPS) is 19.7. The van der Waals surface area contributed by atoms with Crippen molar-refractivity contribution in [3.8, 4) is 0 Å². The summed E-state index contributed by atoms with van der Waals surface area (Å²) in [6.07, 6.45) is 0.535. The van der Waals surface area contributed by atoms with Crippen LogP contribution in [0.25, 0.3) is 0 Å². The Hall–Kier alpha value is -1.51. The summed E-state index contributed by atoms with van der Waals surface area (Å²) in [6, 6.07) is 8.67. The summed E-state index contributed by atoms with van der Waals surface area (Å²) >= 11 is 0. The zero-order chi connectivity index (χ0) is 11.5. The summed E-state index contributed by atoms with van der Waals surface area (Å²) < 4.78 is 4.85. The quantitative estimate of drug-likeness (QED) is 0.848. The molecular weight excluding hydrogens is 202 g/mol. The van der Waals surface area contributed by atoms with Gasteiger partial charge in [0.25, 0.3) is 0 Å². The second kappa shape index (κ2) is 4.56. The molecule has 1 saturated heterocycles. The fourth-order valence-electron chi connectivity index (χ4n) is 1.86. The highest BCUT2D eigenvalue weighted by Crippen LogP contribution is 2.16. The van der Waals surface area contributed by atoms with Gasteiger partial charge in [0.15, 0.2) is 0 Å². The van der Waals surface area contributed by atoms with Crippen molar-refractivity contribution in [2.24, 2.45) is 0 Å². The molecule has 0 aliphatic carbocycles. The van der Waals surface area contributed by atoms with Crippen LogP contribution in [0, 0.1) is 0 Å². The third-order valence-corrected chi connectivity index (χ3v) is 2.87. The summed E-state index contributed by atoms with van der Waals surface area (Å²) in [5.74, 6) is 0.559. The van der Waals surface area contributed by atoms with E-state index in [4.69, 9.17) is 4.74 Å². The summed E-state index contributed by atoms with van der Waals surface area (Å²) in [7, 11) is 0. The monoisotopic (exact) mass is 219 g/mol. The van der Waals surface area contributed by atoms with Crippen molar-refractivity contribution in [2.45, 2.75) is 32.2 Å².